The lowest BCUT2D eigenvalue weighted by atomic mass is 9.91. The topological polar surface area (TPSA) is 105 Å². The SMILES string of the molecule is CSc1nc(N)nc(SCC(=O)NC2=CC(C)C(F)C(C(F)(F)F)=C2)c1C#N. The predicted molar refractivity (Wildman–Crippen MR) is 98.1 cm³/mol. The number of rotatable bonds is 5. The second kappa shape index (κ2) is 8.83. The second-order valence-electron chi connectivity index (χ2n) is 5.70. The van der Waals surface area contributed by atoms with Gasteiger partial charge in [0.25, 0.3) is 0 Å². The molecule has 0 aromatic carbocycles. The monoisotopic (exact) mass is 433 g/mol. The summed E-state index contributed by atoms with van der Waals surface area (Å²) >= 11 is 2.08. The Labute approximate surface area is 166 Å². The third-order valence-corrected chi connectivity index (χ3v) is 5.29. The minimum Gasteiger partial charge on any atom is -0.368 e. The van der Waals surface area contributed by atoms with E-state index in [0.29, 0.717) is 11.1 Å². The summed E-state index contributed by atoms with van der Waals surface area (Å²) in [6.07, 6.45) is -3.52. The Morgan fingerprint density at radius 1 is 1.39 bits per heavy atom. The third-order valence-electron chi connectivity index (χ3n) is 3.63. The van der Waals surface area contributed by atoms with E-state index in [9.17, 15) is 27.6 Å². The second-order valence-corrected chi connectivity index (χ2v) is 7.46. The number of nitrogen functional groups attached to an aromatic ring is 1. The Kier molecular flexibility index (Phi) is 6.95. The number of halogens is 4. The van der Waals surface area contributed by atoms with Crippen LogP contribution in [0.4, 0.5) is 23.5 Å². The maximum atomic E-state index is 13.8. The van der Waals surface area contributed by atoms with Gasteiger partial charge in [-0.05, 0) is 12.3 Å². The lowest BCUT2D eigenvalue weighted by molar-refractivity contribution is -0.118. The molecule has 1 aromatic heterocycles. The van der Waals surface area contributed by atoms with Crippen LogP contribution in [0.5, 0.6) is 0 Å². The van der Waals surface area contributed by atoms with Crippen molar-refractivity contribution in [1.82, 2.24) is 15.3 Å². The molecule has 2 unspecified atom stereocenters. The maximum Gasteiger partial charge on any atom is 0.415 e. The molecular formula is C16H15F4N5OS2. The summed E-state index contributed by atoms with van der Waals surface area (Å²) in [6, 6.07) is 1.94. The average molecular weight is 433 g/mol. The van der Waals surface area contributed by atoms with Crippen LogP contribution in [0.3, 0.4) is 0 Å². The third kappa shape index (κ3) is 5.17. The molecule has 0 bridgehead atoms. The lowest BCUT2D eigenvalue weighted by Gasteiger charge is -2.25. The first kappa shape index (κ1) is 22.0. The van der Waals surface area contributed by atoms with E-state index in [0.717, 1.165) is 11.8 Å². The Balaban J connectivity index is 2.12. The summed E-state index contributed by atoms with van der Waals surface area (Å²) in [5.41, 5.74) is 4.26. The fourth-order valence-corrected chi connectivity index (χ4v) is 3.76. The van der Waals surface area contributed by atoms with Gasteiger partial charge in [0, 0.05) is 11.6 Å². The number of alkyl halides is 4. The van der Waals surface area contributed by atoms with Gasteiger partial charge in [0.05, 0.1) is 11.3 Å². The maximum absolute atomic E-state index is 13.8. The number of aromatic nitrogens is 2. The molecule has 6 nitrogen and oxygen atoms in total. The van der Waals surface area contributed by atoms with Crippen molar-refractivity contribution in [1.29, 1.82) is 5.26 Å². The highest BCUT2D eigenvalue weighted by Crippen LogP contribution is 2.36. The van der Waals surface area contributed by atoms with E-state index >= 15 is 0 Å². The van der Waals surface area contributed by atoms with Gasteiger partial charge in [-0.1, -0.05) is 24.8 Å². The lowest BCUT2D eigenvalue weighted by Crippen LogP contribution is -2.32. The number of nitrogens with one attached hydrogen (secondary N) is 1. The van der Waals surface area contributed by atoms with Crippen LogP contribution in [-0.2, 0) is 4.79 Å². The number of thioether (sulfide) groups is 2. The molecule has 1 aromatic rings. The average Bonchev–Trinajstić information content (AvgIpc) is 2.61. The predicted octanol–water partition coefficient (Wildman–Crippen LogP) is 3.22. The molecule has 0 saturated heterocycles. The molecule has 28 heavy (non-hydrogen) atoms. The van der Waals surface area contributed by atoms with Gasteiger partial charge in [0.1, 0.15) is 27.9 Å². The summed E-state index contributed by atoms with van der Waals surface area (Å²) in [5.74, 6) is -1.98. The largest absolute Gasteiger partial charge is 0.415 e. The summed E-state index contributed by atoms with van der Waals surface area (Å²) in [6.45, 7) is 1.29. The molecule has 0 spiro atoms. The molecule has 150 valence electrons. The molecule has 1 aliphatic rings. The molecule has 0 saturated carbocycles. The number of hydrogen-bond acceptors (Lipinski definition) is 7. The van der Waals surface area contributed by atoms with E-state index in [1.54, 1.807) is 6.26 Å². The molecule has 1 amide bonds. The minimum absolute atomic E-state index is 0.0678. The van der Waals surface area contributed by atoms with Gasteiger partial charge in [0.2, 0.25) is 11.9 Å². The molecule has 0 aliphatic heterocycles. The molecule has 3 N–H and O–H groups in total. The van der Waals surface area contributed by atoms with Crippen LogP contribution in [0.2, 0.25) is 0 Å². The molecular weight excluding hydrogens is 418 g/mol. The van der Waals surface area contributed by atoms with Crippen molar-refractivity contribution in [3.05, 3.63) is 29.0 Å². The number of nitrogens with zero attached hydrogens (tertiary/aromatic N) is 3. The molecule has 1 aliphatic carbocycles. The number of amides is 1. The first-order valence-electron chi connectivity index (χ1n) is 7.75. The van der Waals surface area contributed by atoms with Crippen molar-refractivity contribution in [2.24, 2.45) is 5.92 Å². The highest BCUT2D eigenvalue weighted by molar-refractivity contribution is 8.00. The Hall–Kier alpha value is -2.26. The summed E-state index contributed by atoms with van der Waals surface area (Å²) in [7, 11) is 0. The zero-order valence-corrected chi connectivity index (χ0v) is 16.3. The first-order valence-corrected chi connectivity index (χ1v) is 9.96. The molecule has 1 heterocycles. The van der Waals surface area contributed by atoms with E-state index in [2.05, 4.69) is 15.3 Å². The van der Waals surface area contributed by atoms with Crippen LogP contribution >= 0.6 is 23.5 Å². The van der Waals surface area contributed by atoms with Crippen LogP contribution < -0.4 is 11.1 Å². The van der Waals surface area contributed by atoms with Crippen LogP contribution in [-0.4, -0.2) is 40.2 Å². The van der Waals surface area contributed by atoms with E-state index < -0.39 is 29.7 Å². The van der Waals surface area contributed by atoms with Crippen molar-refractivity contribution in [2.75, 3.05) is 17.7 Å². The number of allylic oxidation sites excluding steroid dienone is 3. The van der Waals surface area contributed by atoms with Gasteiger partial charge in [-0.25, -0.2) is 14.4 Å². The fourth-order valence-electron chi connectivity index (χ4n) is 2.38. The molecule has 0 fully saturated rings. The zero-order chi connectivity index (χ0) is 21.1. The minimum atomic E-state index is -4.83. The van der Waals surface area contributed by atoms with Crippen molar-refractivity contribution in [2.45, 2.75) is 29.3 Å². The summed E-state index contributed by atoms with van der Waals surface area (Å²) in [5, 5.41) is 12.1. The number of anilines is 1. The Morgan fingerprint density at radius 3 is 2.61 bits per heavy atom. The first-order chi connectivity index (χ1) is 13.1. The van der Waals surface area contributed by atoms with Crippen molar-refractivity contribution in [3.63, 3.8) is 0 Å². The quantitative estimate of drug-likeness (QED) is 0.417. The van der Waals surface area contributed by atoms with Crippen LogP contribution in [0.1, 0.15) is 12.5 Å². The van der Waals surface area contributed by atoms with E-state index in [1.165, 1.54) is 24.8 Å². The van der Waals surface area contributed by atoms with Gasteiger partial charge < -0.3 is 11.1 Å². The highest BCUT2D eigenvalue weighted by Gasteiger charge is 2.42. The van der Waals surface area contributed by atoms with Gasteiger partial charge >= 0.3 is 6.18 Å². The summed E-state index contributed by atoms with van der Waals surface area (Å²) in [4.78, 5) is 20.0. The normalized spacial score (nSPS) is 19.5. The van der Waals surface area contributed by atoms with Crippen LogP contribution in [0.25, 0.3) is 0 Å². The number of carbonyl (C=O) groups excluding carboxylic acids is 1. The van der Waals surface area contributed by atoms with E-state index in [4.69, 9.17) is 5.73 Å². The number of nitriles is 1. The van der Waals surface area contributed by atoms with Gasteiger partial charge in [-0.15, -0.1) is 11.8 Å². The molecule has 12 heteroatoms. The van der Waals surface area contributed by atoms with Crippen molar-refractivity contribution < 1.29 is 22.4 Å². The zero-order valence-electron chi connectivity index (χ0n) is 14.7. The molecule has 2 rings (SSSR count). The van der Waals surface area contributed by atoms with Gasteiger partial charge in [-0.2, -0.15) is 18.4 Å². The van der Waals surface area contributed by atoms with Crippen molar-refractivity contribution in [3.8, 4) is 6.07 Å². The number of carbonyl (C=O) groups is 1. The van der Waals surface area contributed by atoms with Crippen molar-refractivity contribution >= 4 is 35.4 Å². The van der Waals surface area contributed by atoms with Gasteiger partial charge in [0.15, 0.2) is 0 Å². The fraction of sp³-hybridized carbons (Fsp3) is 0.375. The van der Waals surface area contributed by atoms with Gasteiger partial charge in [-0.3, -0.25) is 4.79 Å². The van der Waals surface area contributed by atoms with E-state index in [1.807, 2.05) is 6.07 Å². The van der Waals surface area contributed by atoms with Crippen LogP contribution in [0.15, 0.2) is 33.5 Å². The smallest absolute Gasteiger partial charge is 0.368 e. The Bertz CT molecular complexity index is 879. The number of nitrogens with two attached hydrogens (primary N) is 1. The van der Waals surface area contributed by atoms with E-state index in [-0.39, 0.29) is 28.0 Å². The number of hydrogen-bond donors (Lipinski definition) is 2. The molecule has 0 radical (unpaired) electrons. The Morgan fingerprint density at radius 2 is 2.04 bits per heavy atom. The highest BCUT2D eigenvalue weighted by atomic mass is 32.2. The van der Waals surface area contributed by atoms with Crippen LogP contribution in [0, 0.1) is 17.2 Å². The molecule has 2 atom stereocenters. The standard InChI is InChI=1S/C16H15F4N5OS2/c1-7-3-8(4-10(12(7)17)16(18,19)20)23-11(26)6-28-14-9(5-21)13(27-2)24-15(22)25-14/h3-4,7,12H,6H2,1-2H3,(H,23,26)(H2,22,24,25). The summed E-state index contributed by atoms with van der Waals surface area (Å²) < 4.78 is 52.6.